The molecule has 0 saturated heterocycles. The van der Waals surface area contributed by atoms with Crippen molar-refractivity contribution in [1.82, 2.24) is 0 Å². The lowest BCUT2D eigenvalue weighted by molar-refractivity contribution is -0.138. The fourth-order valence-corrected chi connectivity index (χ4v) is 1.99. The van der Waals surface area contributed by atoms with Gasteiger partial charge in [0.05, 0.1) is 18.7 Å². The average molecular weight is 319 g/mol. The van der Waals surface area contributed by atoms with Gasteiger partial charge in [-0.05, 0) is 40.8 Å². The maximum Gasteiger partial charge on any atom is 0.307 e. The summed E-state index contributed by atoms with van der Waals surface area (Å²) in [5, 5.41) is 11.8. The maximum absolute atomic E-state index is 10.5. The molecule has 1 atom stereocenters. The standard InChI is InChI=1S/C10H10INO3/c11-6-1-2-9-8(3-6)12-5-7(15-9)4-10(13)14/h1-3,7,12H,4-5H2,(H,13,14)/t7-/m0/s1. The van der Waals surface area contributed by atoms with Crippen LogP contribution in [0.15, 0.2) is 18.2 Å². The maximum atomic E-state index is 10.5. The second kappa shape index (κ2) is 4.26. The second-order valence-corrected chi connectivity index (χ2v) is 4.60. The lowest BCUT2D eigenvalue weighted by Crippen LogP contribution is -2.32. The van der Waals surface area contributed by atoms with E-state index in [1.807, 2.05) is 18.2 Å². The SMILES string of the molecule is O=C(O)C[C@H]1CNc2cc(I)ccc2O1. The molecule has 2 rings (SSSR count). The number of carboxylic acid groups (broad SMARTS) is 1. The second-order valence-electron chi connectivity index (χ2n) is 3.36. The van der Waals surface area contributed by atoms with Gasteiger partial charge in [-0.3, -0.25) is 4.79 Å². The zero-order valence-electron chi connectivity index (χ0n) is 7.87. The lowest BCUT2D eigenvalue weighted by Gasteiger charge is -2.26. The molecule has 1 aliphatic heterocycles. The molecule has 1 aromatic carbocycles. The number of anilines is 1. The van der Waals surface area contributed by atoms with E-state index in [0.29, 0.717) is 6.54 Å². The van der Waals surface area contributed by atoms with Crippen LogP contribution in [0.3, 0.4) is 0 Å². The number of aliphatic carboxylic acids is 1. The van der Waals surface area contributed by atoms with Crippen LogP contribution in [0.2, 0.25) is 0 Å². The summed E-state index contributed by atoms with van der Waals surface area (Å²) in [5.74, 6) is -0.108. The average Bonchev–Trinajstić information content (AvgIpc) is 2.17. The highest BCUT2D eigenvalue weighted by molar-refractivity contribution is 14.1. The molecule has 1 aliphatic rings. The number of benzene rings is 1. The van der Waals surface area contributed by atoms with Gasteiger partial charge in [0.25, 0.3) is 0 Å². The number of carbonyl (C=O) groups is 1. The number of rotatable bonds is 2. The van der Waals surface area contributed by atoms with Crippen molar-refractivity contribution in [3.05, 3.63) is 21.8 Å². The topological polar surface area (TPSA) is 58.6 Å². The Kier molecular flexibility index (Phi) is 2.99. The Labute approximate surface area is 101 Å². The van der Waals surface area contributed by atoms with E-state index in [1.165, 1.54) is 0 Å². The molecule has 1 aromatic rings. The van der Waals surface area contributed by atoms with Crippen LogP contribution in [-0.2, 0) is 4.79 Å². The Balaban J connectivity index is 2.13. The number of ether oxygens (including phenoxy) is 1. The van der Waals surface area contributed by atoms with Crippen LogP contribution >= 0.6 is 22.6 Å². The van der Waals surface area contributed by atoms with E-state index in [-0.39, 0.29) is 12.5 Å². The third-order valence-corrected chi connectivity index (χ3v) is 2.83. The van der Waals surface area contributed by atoms with Crippen molar-refractivity contribution in [2.75, 3.05) is 11.9 Å². The fraction of sp³-hybridized carbons (Fsp3) is 0.300. The Hall–Kier alpha value is -0.980. The van der Waals surface area contributed by atoms with Crippen LogP contribution < -0.4 is 10.1 Å². The first-order valence-corrected chi connectivity index (χ1v) is 5.65. The molecule has 2 N–H and O–H groups in total. The number of hydrogen-bond acceptors (Lipinski definition) is 3. The molecule has 0 bridgehead atoms. The van der Waals surface area contributed by atoms with E-state index >= 15 is 0 Å². The summed E-state index contributed by atoms with van der Waals surface area (Å²) in [6, 6.07) is 5.77. The summed E-state index contributed by atoms with van der Waals surface area (Å²) in [7, 11) is 0. The molecule has 0 amide bonds. The van der Waals surface area contributed by atoms with Crippen molar-refractivity contribution in [3.63, 3.8) is 0 Å². The molecule has 4 nitrogen and oxygen atoms in total. The summed E-state index contributed by atoms with van der Waals surface area (Å²) in [6.07, 6.45) is -0.256. The van der Waals surface area contributed by atoms with Crippen LogP contribution in [0.25, 0.3) is 0 Å². The van der Waals surface area contributed by atoms with Crippen molar-refractivity contribution < 1.29 is 14.6 Å². The minimum atomic E-state index is -0.837. The molecule has 0 spiro atoms. The summed E-state index contributed by atoms with van der Waals surface area (Å²) in [5.41, 5.74) is 0.934. The number of nitrogens with one attached hydrogen (secondary N) is 1. The molecule has 0 unspecified atom stereocenters. The molecule has 5 heteroatoms. The Bertz CT molecular complexity index is 394. The predicted octanol–water partition coefficient (Wildman–Crippen LogP) is 1.94. The number of carboxylic acids is 1. The van der Waals surface area contributed by atoms with Gasteiger partial charge < -0.3 is 15.2 Å². The first-order valence-electron chi connectivity index (χ1n) is 4.57. The van der Waals surface area contributed by atoms with Crippen LogP contribution in [0.4, 0.5) is 5.69 Å². The quantitative estimate of drug-likeness (QED) is 0.818. The summed E-state index contributed by atoms with van der Waals surface area (Å²) in [4.78, 5) is 10.5. The van der Waals surface area contributed by atoms with Crippen LogP contribution in [0.5, 0.6) is 5.75 Å². The van der Waals surface area contributed by atoms with Crippen molar-refractivity contribution in [2.45, 2.75) is 12.5 Å². The molecule has 0 fully saturated rings. The fourth-order valence-electron chi connectivity index (χ4n) is 1.50. The minimum Gasteiger partial charge on any atom is -0.486 e. The summed E-state index contributed by atoms with van der Waals surface area (Å²) < 4.78 is 6.68. The predicted molar refractivity (Wildman–Crippen MR) is 64.3 cm³/mol. The molecular weight excluding hydrogens is 309 g/mol. The first-order chi connectivity index (χ1) is 7.15. The third-order valence-electron chi connectivity index (χ3n) is 2.16. The van der Waals surface area contributed by atoms with Gasteiger partial charge in [0.15, 0.2) is 0 Å². The van der Waals surface area contributed by atoms with Gasteiger partial charge in [0.1, 0.15) is 11.9 Å². The molecular formula is C10H10INO3. The van der Waals surface area contributed by atoms with Crippen molar-refractivity contribution in [3.8, 4) is 5.75 Å². The summed E-state index contributed by atoms with van der Waals surface area (Å²) >= 11 is 2.22. The van der Waals surface area contributed by atoms with Gasteiger partial charge in [-0.15, -0.1) is 0 Å². The monoisotopic (exact) mass is 319 g/mol. The van der Waals surface area contributed by atoms with Crippen molar-refractivity contribution in [1.29, 1.82) is 0 Å². The van der Waals surface area contributed by atoms with Crippen LogP contribution in [0.1, 0.15) is 6.42 Å². The molecule has 0 saturated carbocycles. The molecule has 1 heterocycles. The minimum absolute atomic E-state index is 0.0262. The zero-order valence-corrected chi connectivity index (χ0v) is 10.0. The van der Waals surface area contributed by atoms with Gasteiger partial charge in [-0.1, -0.05) is 0 Å². The van der Waals surface area contributed by atoms with Crippen LogP contribution in [-0.4, -0.2) is 23.7 Å². The van der Waals surface area contributed by atoms with Crippen molar-refractivity contribution in [2.24, 2.45) is 0 Å². The van der Waals surface area contributed by atoms with Gasteiger partial charge in [0, 0.05) is 3.57 Å². The largest absolute Gasteiger partial charge is 0.486 e. The highest BCUT2D eigenvalue weighted by Gasteiger charge is 2.21. The third kappa shape index (κ3) is 2.53. The highest BCUT2D eigenvalue weighted by Crippen LogP contribution is 2.30. The van der Waals surface area contributed by atoms with E-state index in [2.05, 4.69) is 27.9 Å². The van der Waals surface area contributed by atoms with E-state index in [0.717, 1.165) is 15.0 Å². The number of halogens is 1. The summed E-state index contributed by atoms with van der Waals surface area (Å²) in [6.45, 7) is 0.541. The normalized spacial score (nSPS) is 18.6. The van der Waals surface area contributed by atoms with Gasteiger partial charge in [-0.2, -0.15) is 0 Å². The molecule has 0 radical (unpaired) electrons. The van der Waals surface area contributed by atoms with Gasteiger partial charge in [-0.25, -0.2) is 0 Å². The molecule has 0 aliphatic carbocycles. The van der Waals surface area contributed by atoms with E-state index < -0.39 is 5.97 Å². The molecule has 80 valence electrons. The Morgan fingerprint density at radius 1 is 1.67 bits per heavy atom. The van der Waals surface area contributed by atoms with E-state index in [4.69, 9.17) is 9.84 Å². The van der Waals surface area contributed by atoms with Crippen molar-refractivity contribution >= 4 is 34.2 Å². The smallest absolute Gasteiger partial charge is 0.307 e. The first kappa shape index (κ1) is 10.5. The zero-order chi connectivity index (χ0) is 10.8. The Morgan fingerprint density at radius 2 is 2.47 bits per heavy atom. The lowest BCUT2D eigenvalue weighted by atomic mass is 10.2. The van der Waals surface area contributed by atoms with Crippen LogP contribution in [0, 0.1) is 3.57 Å². The van der Waals surface area contributed by atoms with Gasteiger partial charge >= 0.3 is 5.97 Å². The highest BCUT2D eigenvalue weighted by atomic mass is 127. The Morgan fingerprint density at radius 3 is 3.20 bits per heavy atom. The van der Waals surface area contributed by atoms with E-state index in [1.54, 1.807) is 0 Å². The van der Waals surface area contributed by atoms with Gasteiger partial charge in [0.2, 0.25) is 0 Å². The number of fused-ring (bicyclic) bond motifs is 1. The molecule has 0 aromatic heterocycles. The van der Waals surface area contributed by atoms with E-state index in [9.17, 15) is 4.79 Å². The molecule has 15 heavy (non-hydrogen) atoms. The number of hydrogen-bond donors (Lipinski definition) is 2.